The summed E-state index contributed by atoms with van der Waals surface area (Å²) < 4.78 is 5.75. The van der Waals surface area contributed by atoms with E-state index in [1.807, 2.05) is 76.2 Å². The molecule has 0 atom stereocenters. The van der Waals surface area contributed by atoms with Crippen LogP contribution in [0.25, 0.3) is 0 Å². The minimum Gasteiger partial charge on any atom is -0.381 e. The lowest BCUT2D eigenvalue weighted by atomic mass is 9.97. The van der Waals surface area contributed by atoms with Crippen molar-refractivity contribution in [3.63, 3.8) is 0 Å². The molecule has 2 aromatic rings. The van der Waals surface area contributed by atoms with E-state index < -0.39 is 11.2 Å². The van der Waals surface area contributed by atoms with E-state index in [1.54, 1.807) is 0 Å². The number of rotatable bonds is 10. The van der Waals surface area contributed by atoms with Crippen LogP contribution in [0.4, 0.5) is 0 Å². The third kappa shape index (κ3) is 6.13. The Hall–Kier alpha value is -1.76. The van der Waals surface area contributed by atoms with Gasteiger partial charge in [-0.05, 0) is 62.8 Å². The van der Waals surface area contributed by atoms with Crippen molar-refractivity contribution >= 4 is 0 Å². The summed E-state index contributed by atoms with van der Waals surface area (Å²) in [4.78, 5) is 9.01. The summed E-state index contributed by atoms with van der Waals surface area (Å²) in [5, 5.41) is 17.9. The first-order valence-corrected chi connectivity index (χ1v) is 9.20. The molecule has 0 aliphatic carbocycles. The molecule has 0 fully saturated rings. The van der Waals surface area contributed by atoms with Gasteiger partial charge in [0.25, 0.3) is 0 Å². The number of hydrogen-bond acceptors (Lipinski definition) is 5. The Kier molecular flexibility index (Phi) is 7.53. The van der Waals surface area contributed by atoms with Crippen molar-refractivity contribution in [1.82, 2.24) is 0 Å². The van der Waals surface area contributed by atoms with Gasteiger partial charge in [0.05, 0.1) is 13.2 Å². The molecule has 0 aromatic heterocycles. The molecule has 0 bridgehead atoms. The van der Waals surface area contributed by atoms with Gasteiger partial charge in [-0.1, -0.05) is 48.5 Å². The molecule has 0 unspecified atom stereocenters. The Morgan fingerprint density at radius 2 is 0.963 bits per heavy atom. The number of ether oxygens (including phenoxy) is 1. The molecule has 148 valence electrons. The van der Waals surface area contributed by atoms with Crippen LogP contribution in [0, 0.1) is 0 Å². The summed E-state index contributed by atoms with van der Waals surface area (Å²) in [7, 11) is 0. The molecule has 0 amide bonds. The highest BCUT2D eigenvalue weighted by molar-refractivity contribution is 5.27. The maximum absolute atomic E-state index is 8.94. The SMILES string of the molecule is CC(C)(OO)c1ccc(CCOCCc2ccc(C(C)(C)OO)cc2)cc1. The molecule has 0 aliphatic rings. The van der Waals surface area contributed by atoms with Crippen LogP contribution in [0.5, 0.6) is 0 Å². The Morgan fingerprint density at radius 3 is 1.26 bits per heavy atom. The summed E-state index contributed by atoms with van der Waals surface area (Å²) in [5.41, 5.74) is 2.80. The van der Waals surface area contributed by atoms with E-state index in [-0.39, 0.29) is 0 Å². The zero-order valence-electron chi connectivity index (χ0n) is 16.6. The molecule has 0 heterocycles. The Bertz CT molecular complexity index is 628. The molecule has 2 aromatic carbocycles. The van der Waals surface area contributed by atoms with Crippen LogP contribution >= 0.6 is 0 Å². The maximum Gasteiger partial charge on any atom is 0.123 e. The van der Waals surface area contributed by atoms with Crippen molar-refractivity contribution in [3.05, 3.63) is 70.8 Å². The fourth-order valence-corrected chi connectivity index (χ4v) is 2.73. The van der Waals surface area contributed by atoms with Crippen molar-refractivity contribution in [1.29, 1.82) is 0 Å². The summed E-state index contributed by atoms with van der Waals surface area (Å²) in [6, 6.07) is 16.0. The predicted molar refractivity (Wildman–Crippen MR) is 105 cm³/mol. The highest BCUT2D eigenvalue weighted by atomic mass is 17.1. The van der Waals surface area contributed by atoms with Crippen molar-refractivity contribution < 1.29 is 25.0 Å². The zero-order valence-corrected chi connectivity index (χ0v) is 16.6. The van der Waals surface area contributed by atoms with Crippen LogP contribution in [-0.2, 0) is 38.6 Å². The van der Waals surface area contributed by atoms with Crippen molar-refractivity contribution in [2.75, 3.05) is 13.2 Å². The maximum atomic E-state index is 8.94. The quantitative estimate of drug-likeness (QED) is 0.350. The van der Waals surface area contributed by atoms with Gasteiger partial charge < -0.3 is 4.74 Å². The Balaban J connectivity index is 1.73. The molecule has 2 rings (SSSR count). The molecule has 27 heavy (non-hydrogen) atoms. The van der Waals surface area contributed by atoms with E-state index in [1.165, 1.54) is 11.1 Å². The molecule has 2 N–H and O–H groups in total. The van der Waals surface area contributed by atoms with Gasteiger partial charge in [-0.15, -0.1) is 0 Å². The van der Waals surface area contributed by atoms with Crippen LogP contribution in [-0.4, -0.2) is 23.7 Å². The van der Waals surface area contributed by atoms with E-state index in [4.69, 9.17) is 15.3 Å². The third-order valence-corrected chi connectivity index (χ3v) is 4.82. The van der Waals surface area contributed by atoms with Gasteiger partial charge in [0, 0.05) is 0 Å². The second-order valence-electron chi connectivity index (χ2n) is 7.71. The van der Waals surface area contributed by atoms with E-state index >= 15 is 0 Å². The van der Waals surface area contributed by atoms with Gasteiger partial charge in [-0.3, -0.25) is 10.5 Å². The normalized spacial score (nSPS) is 12.4. The van der Waals surface area contributed by atoms with Crippen LogP contribution in [0.1, 0.15) is 49.9 Å². The van der Waals surface area contributed by atoms with E-state index in [0.29, 0.717) is 13.2 Å². The van der Waals surface area contributed by atoms with E-state index in [0.717, 1.165) is 24.0 Å². The first kappa shape index (κ1) is 21.5. The Morgan fingerprint density at radius 1 is 0.630 bits per heavy atom. The minimum absolute atomic E-state index is 0.655. The van der Waals surface area contributed by atoms with Crippen LogP contribution in [0.15, 0.2) is 48.5 Å². The first-order chi connectivity index (χ1) is 12.8. The summed E-state index contributed by atoms with van der Waals surface area (Å²) >= 11 is 0. The topological polar surface area (TPSA) is 68.2 Å². The molecule has 0 radical (unpaired) electrons. The van der Waals surface area contributed by atoms with Gasteiger partial charge in [0.15, 0.2) is 0 Å². The molecule has 0 saturated carbocycles. The van der Waals surface area contributed by atoms with E-state index in [9.17, 15) is 0 Å². The molecular formula is C22H30O5. The van der Waals surface area contributed by atoms with Gasteiger partial charge in [0.1, 0.15) is 11.2 Å². The lowest BCUT2D eigenvalue weighted by molar-refractivity contribution is -0.318. The van der Waals surface area contributed by atoms with Gasteiger partial charge in [-0.25, -0.2) is 9.78 Å². The van der Waals surface area contributed by atoms with E-state index in [2.05, 4.69) is 9.78 Å². The number of hydrogen-bond donors (Lipinski definition) is 2. The fourth-order valence-electron chi connectivity index (χ4n) is 2.73. The summed E-state index contributed by atoms with van der Waals surface area (Å²) in [6.07, 6.45) is 1.67. The molecule has 5 nitrogen and oxygen atoms in total. The van der Waals surface area contributed by atoms with Crippen LogP contribution in [0.2, 0.25) is 0 Å². The smallest absolute Gasteiger partial charge is 0.123 e. The third-order valence-electron chi connectivity index (χ3n) is 4.82. The Labute approximate surface area is 161 Å². The van der Waals surface area contributed by atoms with Crippen LogP contribution in [0.3, 0.4) is 0 Å². The summed E-state index contributed by atoms with van der Waals surface area (Å²) in [5.74, 6) is 0. The van der Waals surface area contributed by atoms with Crippen LogP contribution < -0.4 is 0 Å². The average molecular weight is 374 g/mol. The molecule has 5 heteroatoms. The van der Waals surface area contributed by atoms with Crippen molar-refractivity contribution in [3.8, 4) is 0 Å². The first-order valence-electron chi connectivity index (χ1n) is 9.20. The average Bonchev–Trinajstić information content (AvgIpc) is 2.68. The highest BCUT2D eigenvalue weighted by Gasteiger charge is 2.21. The van der Waals surface area contributed by atoms with Gasteiger partial charge >= 0.3 is 0 Å². The van der Waals surface area contributed by atoms with Gasteiger partial charge in [0.2, 0.25) is 0 Å². The lowest BCUT2D eigenvalue weighted by Crippen LogP contribution is -2.19. The second-order valence-corrected chi connectivity index (χ2v) is 7.71. The monoisotopic (exact) mass is 374 g/mol. The molecular weight excluding hydrogens is 344 g/mol. The highest BCUT2D eigenvalue weighted by Crippen LogP contribution is 2.24. The molecule has 0 aliphatic heterocycles. The van der Waals surface area contributed by atoms with Crippen molar-refractivity contribution in [2.24, 2.45) is 0 Å². The largest absolute Gasteiger partial charge is 0.381 e. The number of benzene rings is 2. The minimum atomic E-state index is -0.705. The molecule has 0 spiro atoms. The van der Waals surface area contributed by atoms with Gasteiger partial charge in [-0.2, -0.15) is 0 Å². The standard InChI is InChI=1S/C22H30O5/c1-21(2,26-23)19-9-5-17(6-10-19)13-15-25-16-14-18-7-11-20(12-8-18)22(3,4)27-24/h5-12,23-24H,13-16H2,1-4H3. The summed E-state index contributed by atoms with van der Waals surface area (Å²) in [6.45, 7) is 8.57. The predicted octanol–water partition coefficient (Wildman–Crippen LogP) is 4.94. The fraction of sp³-hybridized carbons (Fsp3) is 0.455. The second kappa shape index (κ2) is 9.44. The van der Waals surface area contributed by atoms with Crippen molar-refractivity contribution in [2.45, 2.75) is 51.7 Å². The molecule has 0 saturated heterocycles. The lowest BCUT2D eigenvalue weighted by Gasteiger charge is -2.21. The zero-order chi connectivity index (χ0) is 19.9.